The van der Waals surface area contributed by atoms with Gasteiger partial charge in [0.05, 0.1) is 12.5 Å². The number of likely N-dealkylation sites (N-methyl/N-ethyl adjacent to an activating group) is 1. The Morgan fingerprint density at radius 2 is 1.88 bits per heavy atom. The van der Waals surface area contributed by atoms with Crippen LogP contribution in [0.5, 0.6) is 0 Å². The van der Waals surface area contributed by atoms with Crippen LogP contribution in [0.1, 0.15) is 34.9 Å². The van der Waals surface area contributed by atoms with Gasteiger partial charge in [-0.05, 0) is 25.3 Å². The molecule has 2 aromatic rings. The zero-order valence-electron chi connectivity index (χ0n) is 14.7. The summed E-state index contributed by atoms with van der Waals surface area (Å²) in [5.41, 5.74) is 0.753. The normalized spacial score (nSPS) is 12.3. The van der Waals surface area contributed by atoms with Crippen molar-refractivity contribution >= 4 is 39.2 Å². The lowest BCUT2D eigenvalue weighted by Crippen LogP contribution is -2.41. The lowest BCUT2D eigenvalue weighted by molar-refractivity contribution is -0.122. The summed E-state index contributed by atoms with van der Waals surface area (Å²) in [7, 11) is 2.95. The number of ether oxygens (including phenoxy) is 1. The SMILES string of the molecule is CNC(=O)C(Nc1nc(C)nc2sc(C(=O)OC)c(C)c12)C(C)C. The van der Waals surface area contributed by atoms with Crippen LogP contribution in [0.4, 0.5) is 5.82 Å². The number of hydrogen-bond donors (Lipinski definition) is 2. The number of rotatable bonds is 5. The average Bonchev–Trinajstić information content (AvgIpc) is 2.87. The Morgan fingerprint density at radius 3 is 2.42 bits per heavy atom. The predicted octanol–water partition coefficient (Wildman–Crippen LogP) is 2.28. The maximum Gasteiger partial charge on any atom is 0.348 e. The van der Waals surface area contributed by atoms with Gasteiger partial charge in [0.1, 0.15) is 27.4 Å². The molecule has 24 heavy (non-hydrogen) atoms. The van der Waals surface area contributed by atoms with E-state index in [4.69, 9.17) is 4.74 Å². The molecular weight excluding hydrogens is 328 g/mol. The van der Waals surface area contributed by atoms with E-state index in [1.807, 2.05) is 20.8 Å². The summed E-state index contributed by atoms with van der Waals surface area (Å²) in [6.07, 6.45) is 0. The predicted molar refractivity (Wildman–Crippen MR) is 94.5 cm³/mol. The Hall–Kier alpha value is -2.22. The summed E-state index contributed by atoms with van der Waals surface area (Å²) in [5.74, 6) is 0.682. The molecule has 0 fully saturated rings. The van der Waals surface area contributed by atoms with E-state index in [2.05, 4.69) is 20.6 Å². The van der Waals surface area contributed by atoms with Gasteiger partial charge in [-0.2, -0.15) is 0 Å². The smallest absolute Gasteiger partial charge is 0.348 e. The van der Waals surface area contributed by atoms with E-state index < -0.39 is 12.0 Å². The second-order valence-electron chi connectivity index (χ2n) is 5.83. The highest BCUT2D eigenvalue weighted by molar-refractivity contribution is 7.20. The molecule has 2 N–H and O–H groups in total. The number of methoxy groups -OCH3 is 1. The Balaban J connectivity index is 2.59. The number of aryl methyl sites for hydroxylation is 2. The number of carbonyl (C=O) groups excluding carboxylic acids is 2. The lowest BCUT2D eigenvalue weighted by Gasteiger charge is -2.22. The molecule has 1 atom stereocenters. The number of aromatic nitrogens is 2. The third-order valence-electron chi connectivity index (χ3n) is 3.76. The van der Waals surface area contributed by atoms with Gasteiger partial charge in [-0.15, -0.1) is 11.3 Å². The van der Waals surface area contributed by atoms with E-state index in [-0.39, 0.29) is 11.8 Å². The Kier molecular flexibility index (Phi) is 5.38. The fraction of sp³-hybridized carbons (Fsp3) is 0.500. The summed E-state index contributed by atoms with van der Waals surface area (Å²) in [6.45, 7) is 7.53. The van der Waals surface area contributed by atoms with Gasteiger partial charge in [0.2, 0.25) is 5.91 Å². The zero-order chi connectivity index (χ0) is 18.0. The number of fused-ring (bicyclic) bond motifs is 1. The first-order valence-electron chi connectivity index (χ1n) is 7.64. The molecule has 7 nitrogen and oxygen atoms in total. The van der Waals surface area contributed by atoms with Gasteiger partial charge in [0.25, 0.3) is 0 Å². The first kappa shape index (κ1) is 18.1. The molecule has 1 unspecified atom stereocenters. The minimum atomic E-state index is -0.437. The van der Waals surface area contributed by atoms with Crippen LogP contribution < -0.4 is 10.6 Å². The van der Waals surface area contributed by atoms with Gasteiger partial charge < -0.3 is 15.4 Å². The fourth-order valence-corrected chi connectivity index (χ4v) is 3.62. The molecule has 0 aliphatic carbocycles. The van der Waals surface area contributed by atoms with Crippen LogP contribution in [-0.4, -0.2) is 42.0 Å². The maximum atomic E-state index is 12.1. The molecule has 1 amide bonds. The number of hydrogen-bond acceptors (Lipinski definition) is 7. The molecule has 0 spiro atoms. The van der Waals surface area contributed by atoms with Crippen molar-refractivity contribution in [3.8, 4) is 0 Å². The molecular formula is C16H22N4O3S. The molecule has 0 aliphatic heterocycles. The summed E-state index contributed by atoms with van der Waals surface area (Å²) >= 11 is 1.27. The average molecular weight is 350 g/mol. The number of esters is 1. The van der Waals surface area contributed by atoms with E-state index >= 15 is 0 Å². The Labute approximate surface area is 144 Å². The monoisotopic (exact) mass is 350 g/mol. The number of nitrogens with one attached hydrogen (secondary N) is 2. The van der Waals surface area contributed by atoms with Gasteiger partial charge in [-0.25, -0.2) is 14.8 Å². The van der Waals surface area contributed by atoms with Gasteiger partial charge in [-0.1, -0.05) is 13.8 Å². The van der Waals surface area contributed by atoms with E-state index in [0.717, 1.165) is 10.9 Å². The molecule has 0 aromatic carbocycles. The van der Waals surface area contributed by atoms with Crippen LogP contribution in [0.15, 0.2) is 0 Å². The van der Waals surface area contributed by atoms with Crippen molar-refractivity contribution in [3.63, 3.8) is 0 Å². The third-order valence-corrected chi connectivity index (χ3v) is 4.93. The third kappa shape index (κ3) is 3.33. The fourth-order valence-electron chi connectivity index (χ4n) is 2.48. The molecule has 130 valence electrons. The molecule has 0 aliphatic rings. The second kappa shape index (κ2) is 7.12. The molecule has 8 heteroatoms. The van der Waals surface area contributed by atoms with Crippen molar-refractivity contribution in [2.45, 2.75) is 33.7 Å². The number of amides is 1. The number of anilines is 1. The molecule has 0 saturated carbocycles. The number of nitrogens with zero attached hydrogens (tertiary/aromatic N) is 2. The first-order chi connectivity index (χ1) is 11.3. The van der Waals surface area contributed by atoms with E-state index in [0.29, 0.717) is 21.3 Å². The highest BCUT2D eigenvalue weighted by Gasteiger charge is 2.25. The molecule has 2 heterocycles. The summed E-state index contributed by atoms with van der Waals surface area (Å²) in [4.78, 5) is 34.1. The number of thiophene rings is 1. The molecule has 2 aromatic heterocycles. The van der Waals surface area contributed by atoms with E-state index in [1.165, 1.54) is 18.4 Å². The topological polar surface area (TPSA) is 93.2 Å². The minimum absolute atomic E-state index is 0.0642. The quantitative estimate of drug-likeness (QED) is 0.804. The van der Waals surface area contributed by atoms with Crippen molar-refractivity contribution in [2.24, 2.45) is 5.92 Å². The Morgan fingerprint density at radius 1 is 1.21 bits per heavy atom. The van der Waals surface area contributed by atoms with Crippen LogP contribution >= 0.6 is 11.3 Å². The standard InChI is InChI=1S/C16H22N4O3S/c1-7(2)11(14(21)17-5)20-13-10-8(3)12(16(22)23-6)24-15(10)19-9(4)18-13/h7,11H,1-6H3,(H,17,21)(H,18,19,20). The van der Waals surface area contributed by atoms with Crippen molar-refractivity contribution in [2.75, 3.05) is 19.5 Å². The van der Waals surface area contributed by atoms with Gasteiger partial charge >= 0.3 is 5.97 Å². The summed E-state index contributed by atoms with van der Waals surface area (Å²) in [5, 5.41) is 6.63. The molecule has 0 bridgehead atoms. The van der Waals surface area contributed by atoms with Crippen LogP contribution in [0.2, 0.25) is 0 Å². The van der Waals surface area contributed by atoms with Crippen molar-refractivity contribution in [1.29, 1.82) is 0 Å². The lowest BCUT2D eigenvalue weighted by atomic mass is 10.0. The second-order valence-corrected chi connectivity index (χ2v) is 6.83. The first-order valence-corrected chi connectivity index (χ1v) is 8.46. The highest BCUT2D eigenvalue weighted by Crippen LogP contribution is 2.34. The highest BCUT2D eigenvalue weighted by atomic mass is 32.1. The molecule has 0 radical (unpaired) electrons. The minimum Gasteiger partial charge on any atom is -0.465 e. The molecule has 2 rings (SSSR count). The van der Waals surface area contributed by atoms with Crippen LogP contribution in [0, 0.1) is 19.8 Å². The Bertz CT molecular complexity index is 785. The number of carbonyl (C=O) groups is 2. The van der Waals surface area contributed by atoms with Crippen LogP contribution in [0.3, 0.4) is 0 Å². The summed E-state index contributed by atoms with van der Waals surface area (Å²) in [6, 6.07) is -0.437. The van der Waals surface area contributed by atoms with Crippen LogP contribution in [0.25, 0.3) is 10.2 Å². The van der Waals surface area contributed by atoms with Gasteiger partial charge in [0.15, 0.2) is 0 Å². The van der Waals surface area contributed by atoms with Gasteiger partial charge in [-0.3, -0.25) is 4.79 Å². The van der Waals surface area contributed by atoms with Gasteiger partial charge in [0, 0.05) is 7.05 Å². The van der Waals surface area contributed by atoms with Crippen molar-refractivity contribution in [3.05, 3.63) is 16.3 Å². The zero-order valence-corrected chi connectivity index (χ0v) is 15.5. The molecule has 0 saturated heterocycles. The van der Waals surface area contributed by atoms with Crippen molar-refractivity contribution in [1.82, 2.24) is 15.3 Å². The maximum absolute atomic E-state index is 12.1. The van der Waals surface area contributed by atoms with E-state index in [9.17, 15) is 9.59 Å². The van der Waals surface area contributed by atoms with E-state index in [1.54, 1.807) is 14.0 Å². The van der Waals surface area contributed by atoms with Crippen molar-refractivity contribution < 1.29 is 14.3 Å². The largest absolute Gasteiger partial charge is 0.465 e. The summed E-state index contributed by atoms with van der Waals surface area (Å²) < 4.78 is 4.83. The van der Waals surface area contributed by atoms with Crippen LogP contribution in [-0.2, 0) is 9.53 Å².